The Morgan fingerprint density at radius 3 is 2.30 bits per heavy atom. The average molecular weight is 731 g/mol. The minimum atomic E-state index is -3.59. The van der Waals surface area contributed by atoms with E-state index in [1.54, 1.807) is 14.1 Å². The van der Waals surface area contributed by atoms with Gasteiger partial charge in [-0.3, -0.25) is 8.61 Å². The van der Waals surface area contributed by atoms with Crippen LogP contribution in [0.5, 0.6) is 0 Å². The zero-order chi connectivity index (χ0) is 35.0. The van der Waals surface area contributed by atoms with Gasteiger partial charge in [-0.15, -0.1) is 11.8 Å². The van der Waals surface area contributed by atoms with Gasteiger partial charge in [-0.1, -0.05) is 48.5 Å². The maximum Gasteiger partial charge on any atom is 0.247 e. The third-order valence-corrected chi connectivity index (χ3v) is 15.4. The maximum absolute atomic E-state index is 13.5. The number of sulfonamides is 2. The van der Waals surface area contributed by atoms with Crippen LogP contribution in [0.15, 0.2) is 90.5 Å². The number of aromatic nitrogens is 2. The number of hydrogen-bond acceptors (Lipinski definition) is 8. The van der Waals surface area contributed by atoms with Crippen LogP contribution in [0, 0.1) is 0 Å². The number of hydrogen-bond donors (Lipinski definition) is 1. The minimum absolute atomic E-state index is 0.0890. The van der Waals surface area contributed by atoms with Crippen molar-refractivity contribution in [2.75, 3.05) is 68.2 Å². The van der Waals surface area contributed by atoms with Crippen LogP contribution in [-0.2, 0) is 20.0 Å². The molecule has 0 spiro atoms. The summed E-state index contributed by atoms with van der Waals surface area (Å²) >= 11 is 1.33. The molecule has 13 heteroatoms. The largest absolute Gasteiger partial charge is 0.339 e. The van der Waals surface area contributed by atoms with E-state index < -0.39 is 24.6 Å². The number of H-pyrrole nitrogens is 1. The Hall–Kier alpha value is -3.88. The molecule has 0 bridgehead atoms. The highest BCUT2D eigenvalue weighted by atomic mass is 32.3. The Labute approximate surface area is 298 Å². The highest BCUT2D eigenvalue weighted by Crippen LogP contribution is 2.42. The second kappa shape index (κ2) is 14.0. The number of allylic oxidation sites excluding steroid dienone is 1. The fraction of sp³-hybridized carbons (Fsp3) is 0.324. The van der Waals surface area contributed by atoms with E-state index in [2.05, 4.69) is 34.0 Å². The number of nitrogens with zero attached hydrogens (tertiary/aromatic N) is 5. The number of benzene rings is 3. The van der Waals surface area contributed by atoms with E-state index in [0.717, 1.165) is 71.3 Å². The number of aromatic amines is 1. The highest BCUT2D eigenvalue weighted by molar-refractivity contribution is 8.15. The van der Waals surface area contributed by atoms with Gasteiger partial charge < -0.3 is 14.8 Å². The lowest BCUT2D eigenvalue weighted by Crippen LogP contribution is -2.45. The van der Waals surface area contributed by atoms with Crippen molar-refractivity contribution in [2.24, 2.45) is 0 Å². The summed E-state index contributed by atoms with van der Waals surface area (Å²) in [4.78, 5) is 12.9. The quantitative estimate of drug-likeness (QED) is 0.171. The van der Waals surface area contributed by atoms with Crippen molar-refractivity contribution in [3.05, 3.63) is 90.5 Å². The molecule has 1 N–H and O–H groups in total. The van der Waals surface area contributed by atoms with Gasteiger partial charge in [0.15, 0.2) is 0 Å². The number of pyridine rings is 1. The monoisotopic (exact) mass is 730 g/mol. The third kappa shape index (κ3) is 6.76. The number of fused-ring (bicyclic) bond motifs is 3. The fourth-order valence-electron chi connectivity index (χ4n) is 6.73. The molecule has 2 aromatic heterocycles. The predicted molar refractivity (Wildman–Crippen MR) is 208 cm³/mol. The van der Waals surface area contributed by atoms with Crippen molar-refractivity contribution in [3.8, 4) is 22.3 Å². The molecule has 2 aliphatic heterocycles. The summed E-state index contributed by atoms with van der Waals surface area (Å²) in [6.45, 7) is 4.73. The summed E-state index contributed by atoms with van der Waals surface area (Å²) in [7, 11) is -1.75. The Morgan fingerprint density at radius 2 is 1.60 bits per heavy atom. The smallest absolute Gasteiger partial charge is 0.247 e. The second-order valence-corrected chi connectivity index (χ2v) is 18.7. The van der Waals surface area contributed by atoms with Crippen LogP contribution in [0.25, 0.3) is 44.2 Å². The molecule has 1 unspecified atom stereocenters. The Morgan fingerprint density at radius 1 is 0.880 bits per heavy atom. The molecule has 3 aromatic carbocycles. The molecule has 1 atom stereocenters. The van der Waals surface area contributed by atoms with Gasteiger partial charge in [-0.2, -0.15) is 0 Å². The van der Waals surface area contributed by atoms with Crippen molar-refractivity contribution >= 4 is 65.1 Å². The second-order valence-electron chi connectivity index (χ2n) is 13.0. The molecule has 5 aromatic rings. The lowest BCUT2D eigenvalue weighted by Gasteiger charge is -2.32. The van der Waals surface area contributed by atoms with Crippen LogP contribution >= 0.6 is 11.8 Å². The molecule has 262 valence electrons. The van der Waals surface area contributed by atoms with Crippen molar-refractivity contribution in [3.63, 3.8) is 0 Å². The average Bonchev–Trinajstić information content (AvgIpc) is 3.81. The Bertz CT molecular complexity index is 2240. The number of piperazine rings is 1. The molecular weight excluding hydrogens is 689 g/mol. The van der Waals surface area contributed by atoms with E-state index >= 15 is 0 Å². The van der Waals surface area contributed by atoms with E-state index in [9.17, 15) is 16.8 Å². The van der Waals surface area contributed by atoms with Crippen LogP contribution in [0.1, 0.15) is 12.8 Å². The minimum Gasteiger partial charge on any atom is -0.339 e. The van der Waals surface area contributed by atoms with Gasteiger partial charge in [0.05, 0.1) is 17.1 Å². The first-order valence-corrected chi connectivity index (χ1v) is 20.8. The molecule has 1 fully saturated rings. The van der Waals surface area contributed by atoms with E-state index in [0.29, 0.717) is 29.9 Å². The van der Waals surface area contributed by atoms with Gasteiger partial charge >= 0.3 is 0 Å². The molecule has 0 aliphatic carbocycles. The van der Waals surface area contributed by atoms with E-state index in [-0.39, 0.29) is 5.75 Å². The van der Waals surface area contributed by atoms with Crippen LogP contribution in [0.2, 0.25) is 0 Å². The van der Waals surface area contributed by atoms with Crippen molar-refractivity contribution in [1.82, 2.24) is 19.8 Å². The summed E-state index contributed by atoms with van der Waals surface area (Å²) in [5.74, 6) is 0.0890. The van der Waals surface area contributed by atoms with Gasteiger partial charge in [-0.05, 0) is 73.3 Å². The fourth-order valence-corrected chi connectivity index (χ4v) is 10.8. The number of nitrogens with one attached hydrogen (secondary N) is 1. The number of likely N-dealkylation sites (N-methyl/N-ethyl adjacent to an activating group) is 1. The standard InChI is InChI=1S/C37H42N6O4S3/c1-40-19-21-43(22-20-40)18-8-24-49(44,45)41(2)29-14-12-27(13-15-29)32-26-38-37-36(35(32)28-9-5-4-6-10-28)31-25-30(16-17-33(31)39-37)42(3)50(46,47)34-11-7-23-48-34/h4-7,9-10,12-17,23,25-26,34H,8,11,18-22,24H2,1-3H3,(H,38,39). The van der Waals surface area contributed by atoms with E-state index in [1.807, 2.05) is 78.3 Å². The summed E-state index contributed by atoms with van der Waals surface area (Å²) < 4.78 is 55.8. The lowest BCUT2D eigenvalue weighted by atomic mass is 9.92. The summed E-state index contributed by atoms with van der Waals surface area (Å²) in [6, 6.07) is 23.3. The number of anilines is 2. The highest BCUT2D eigenvalue weighted by Gasteiger charge is 2.32. The first-order chi connectivity index (χ1) is 24.0. The van der Waals surface area contributed by atoms with Gasteiger partial charge in [-0.25, -0.2) is 21.8 Å². The Balaban J connectivity index is 1.21. The molecule has 10 nitrogen and oxygen atoms in total. The zero-order valence-corrected chi connectivity index (χ0v) is 30.9. The number of rotatable bonds is 11. The van der Waals surface area contributed by atoms with Gasteiger partial charge in [0.25, 0.3) is 0 Å². The van der Waals surface area contributed by atoms with Crippen LogP contribution in [0.3, 0.4) is 0 Å². The number of thioether (sulfide) groups is 1. The molecule has 1 saturated heterocycles. The van der Waals surface area contributed by atoms with Crippen molar-refractivity contribution in [1.29, 1.82) is 0 Å². The van der Waals surface area contributed by atoms with Crippen LogP contribution in [0.4, 0.5) is 11.4 Å². The molecule has 2 aliphatic rings. The summed E-state index contributed by atoms with van der Waals surface area (Å²) in [5.41, 5.74) is 6.43. The van der Waals surface area contributed by atoms with Gasteiger partial charge in [0.2, 0.25) is 20.0 Å². The summed E-state index contributed by atoms with van der Waals surface area (Å²) in [5, 5.41) is 3.60. The molecular formula is C37H42N6O4S3. The molecule has 0 saturated carbocycles. The van der Waals surface area contributed by atoms with Crippen LogP contribution in [-0.4, -0.2) is 101 Å². The molecule has 4 heterocycles. The lowest BCUT2D eigenvalue weighted by molar-refractivity contribution is 0.154. The first kappa shape index (κ1) is 34.6. The van der Waals surface area contributed by atoms with Gasteiger partial charge in [0.1, 0.15) is 10.2 Å². The topological polar surface area (TPSA) is 110 Å². The zero-order valence-electron chi connectivity index (χ0n) is 28.5. The third-order valence-electron chi connectivity index (χ3n) is 9.83. The van der Waals surface area contributed by atoms with Crippen molar-refractivity contribution in [2.45, 2.75) is 17.4 Å². The predicted octanol–water partition coefficient (Wildman–Crippen LogP) is 6.20. The Kier molecular flexibility index (Phi) is 9.70. The molecule has 7 rings (SSSR count). The van der Waals surface area contributed by atoms with Crippen molar-refractivity contribution < 1.29 is 16.8 Å². The maximum atomic E-state index is 13.5. The molecule has 50 heavy (non-hydrogen) atoms. The summed E-state index contributed by atoms with van der Waals surface area (Å²) in [6.07, 6.45) is 4.81. The van der Waals surface area contributed by atoms with E-state index in [4.69, 9.17) is 4.98 Å². The normalized spacial score (nSPS) is 17.5. The first-order valence-electron chi connectivity index (χ1n) is 16.8. The van der Waals surface area contributed by atoms with Crippen LogP contribution < -0.4 is 8.61 Å². The SMILES string of the molecule is CN1CCN(CCCS(=O)(=O)N(C)c2ccc(-c3cnc4[nH]c5ccc(N(C)S(=O)(=O)C6CC=CS6)cc5c4c3-c3ccccc3)cc2)CC1. The van der Waals surface area contributed by atoms with E-state index in [1.165, 1.54) is 20.4 Å². The molecule has 0 radical (unpaired) electrons. The molecule has 0 amide bonds. The van der Waals surface area contributed by atoms with Gasteiger partial charge in [0, 0.05) is 73.9 Å².